The van der Waals surface area contributed by atoms with Gasteiger partial charge in [0.25, 0.3) is 5.56 Å². The number of pyridine rings is 2. The predicted molar refractivity (Wildman–Crippen MR) is 200 cm³/mol. The summed E-state index contributed by atoms with van der Waals surface area (Å²) >= 11 is 0. The van der Waals surface area contributed by atoms with E-state index in [0.29, 0.717) is 43.3 Å². The third-order valence-corrected chi connectivity index (χ3v) is 8.55. The zero-order chi connectivity index (χ0) is 34.8. The first kappa shape index (κ1) is 35.4. The number of H-pyrrole nitrogens is 1. The van der Waals surface area contributed by atoms with Gasteiger partial charge in [-0.1, -0.05) is 102 Å². The minimum atomic E-state index is -0.379. The number of anilines is 2. The van der Waals surface area contributed by atoms with E-state index in [0.717, 1.165) is 52.6 Å². The summed E-state index contributed by atoms with van der Waals surface area (Å²) in [5, 5.41) is 3.99. The molecule has 0 radical (unpaired) electrons. The molecule has 2 heterocycles. The molecule has 0 aliphatic heterocycles. The number of amides is 2. The molecule has 0 aliphatic rings. The van der Waals surface area contributed by atoms with Gasteiger partial charge in [0.2, 0.25) is 0 Å². The summed E-state index contributed by atoms with van der Waals surface area (Å²) in [6, 6.07) is 27.4. The van der Waals surface area contributed by atoms with E-state index in [-0.39, 0.29) is 29.1 Å². The predicted octanol–water partition coefficient (Wildman–Crippen LogP) is 9.66. The van der Waals surface area contributed by atoms with Gasteiger partial charge in [0.15, 0.2) is 0 Å². The van der Waals surface area contributed by atoms with Crippen molar-refractivity contribution in [1.29, 1.82) is 0 Å². The smallest absolute Gasteiger partial charge is 0.326 e. The van der Waals surface area contributed by atoms with E-state index in [2.05, 4.69) is 62.0 Å². The molecule has 0 fully saturated rings. The number of unbranched alkanes of at least 4 members (excludes halogenated alkanes) is 1. The number of carbonyl (C=O) groups is 1. The SMILES string of the molecule is CCCCN(C(=O)Nc1c(C(C)C)cccc1C(C)C)c1c(-c2cccc(OCCCOCc3ccccc3)c2)c2cccnc2[nH]c1=O. The van der Waals surface area contributed by atoms with Crippen molar-refractivity contribution in [2.24, 2.45) is 0 Å². The molecule has 2 N–H and O–H groups in total. The van der Waals surface area contributed by atoms with Crippen LogP contribution in [0.4, 0.5) is 16.2 Å². The number of benzene rings is 3. The van der Waals surface area contributed by atoms with Gasteiger partial charge in [0, 0.05) is 35.8 Å². The van der Waals surface area contributed by atoms with E-state index in [4.69, 9.17) is 9.47 Å². The van der Waals surface area contributed by atoms with Crippen molar-refractivity contribution in [2.45, 2.75) is 72.3 Å². The van der Waals surface area contributed by atoms with Crippen molar-refractivity contribution in [3.05, 3.63) is 118 Å². The maximum absolute atomic E-state index is 14.4. The first-order chi connectivity index (χ1) is 23.8. The van der Waals surface area contributed by atoms with Crippen LogP contribution >= 0.6 is 0 Å². The number of rotatable bonds is 15. The third kappa shape index (κ3) is 8.75. The Kier molecular flexibility index (Phi) is 12.2. The number of fused-ring (bicyclic) bond motifs is 1. The normalized spacial score (nSPS) is 11.3. The molecule has 256 valence electrons. The van der Waals surface area contributed by atoms with Crippen molar-refractivity contribution in [3.8, 4) is 16.9 Å². The largest absolute Gasteiger partial charge is 0.493 e. The lowest BCUT2D eigenvalue weighted by atomic mass is 9.92. The van der Waals surface area contributed by atoms with Crippen molar-refractivity contribution in [2.75, 3.05) is 30.0 Å². The summed E-state index contributed by atoms with van der Waals surface area (Å²) in [6.45, 7) is 12.5. The van der Waals surface area contributed by atoms with Gasteiger partial charge in [-0.2, -0.15) is 0 Å². The molecule has 8 heteroatoms. The van der Waals surface area contributed by atoms with E-state index in [1.165, 1.54) is 0 Å². The lowest BCUT2D eigenvalue weighted by Gasteiger charge is -2.28. The summed E-state index contributed by atoms with van der Waals surface area (Å²) in [4.78, 5) is 37.5. The second kappa shape index (κ2) is 16.9. The van der Waals surface area contributed by atoms with Gasteiger partial charge >= 0.3 is 6.03 Å². The molecular weight excluding hydrogens is 612 g/mol. The third-order valence-electron chi connectivity index (χ3n) is 8.55. The van der Waals surface area contributed by atoms with Crippen LogP contribution in [0.1, 0.15) is 82.4 Å². The number of nitrogens with zero attached hydrogens (tertiary/aromatic N) is 2. The molecule has 5 aromatic rings. The zero-order valence-electron chi connectivity index (χ0n) is 29.3. The Balaban J connectivity index is 1.48. The molecule has 0 atom stereocenters. The molecule has 0 spiro atoms. The molecule has 49 heavy (non-hydrogen) atoms. The molecule has 2 amide bonds. The van der Waals surface area contributed by atoms with Gasteiger partial charge in [-0.05, 0) is 64.8 Å². The number of hydrogen-bond donors (Lipinski definition) is 2. The van der Waals surface area contributed by atoms with Crippen molar-refractivity contribution < 1.29 is 14.3 Å². The Morgan fingerprint density at radius 2 is 1.61 bits per heavy atom. The fourth-order valence-electron chi connectivity index (χ4n) is 6.02. The van der Waals surface area contributed by atoms with Crippen LogP contribution in [0.25, 0.3) is 22.2 Å². The molecule has 5 rings (SSSR count). The van der Waals surface area contributed by atoms with Gasteiger partial charge in [0.1, 0.15) is 17.1 Å². The van der Waals surface area contributed by atoms with E-state index >= 15 is 0 Å². The van der Waals surface area contributed by atoms with Crippen LogP contribution in [0, 0.1) is 0 Å². The van der Waals surface area contributed by atoms with E-state index in [9.17, 15) is 9.59 Å². The molecule has 0 bridgehead atoms. The molecule has 3 aromatic carbocycles. The highest BCUT2D eigenvalue weighted by Gasteiger charge is 2.27. The highest BCUT2D eigenvalue weighted by atomic mass is 16.5. The summed E-state index contributed by atoms with van der Waals surface area (Å²) in [5.74, 6) is 1.06. The van der Waals surface area contributed by atoms with Crippen LogP contribution in [0.2, 0.25) is 0 Å². The Bertz CT molecular complexity index is 1880. The molecule has 0 saturated heterocycles. The molecular formula is C41H48N4O4. The Morgan fingerprint density at radius 3 is 2.33 bits per heavy atom. The number of hydrogen-bond acceptors (Lipinski definition) is 5. The van der Waals surface area contributed by atoms with Crippen LogP contribution in [0.3, 0.4) is 0 Å². The topological polar surface area (TPSA) is 96.6 Å². The average molecular weight is 661 g/mol. The van der Waals surface area contributed by atoms with Crippen molar-refractivity contribution in [1.82, 2.24) is 9.97 Å². The maximum Gasteiger partial charge on any atom is 0.326 e. The van der Waals surface area contributed by atoms with Crippen LogP contribution in [-0.4, -0.2) is 35.8 Å². The number of ether oxygens (including phenoxy) is 2. The van der Waals surface area contributed by atoms with Gasteiger partial charge < -0.3 is 19.8 Å². The first-order valence-corrected chi connectivity index (χ1v) is 17.4. The van der Waals surface area contributed by atoms with Crippen LogP contribution < -0.4 is 20.5 Å². The monoisotopic (exact) mass is 660 g/mol. The second-order valence-electron chi connectivity index (χ2n) is 12.9. The summed E-state index contributed by atoms with van der Waals surface area (Å²) in [7, 11) is 0. The fourth-order valence-corrected chi connectivity index (χ4v) is 6.02. The maximum atomic E-state index is 14.4. The highest BCUT2D eigenvalue weighted by molar-refractivity contribution is 6.09. The Morgan fingerprint density at radius 1 is 0.878 bits per heavy atom. The highest BCUT2D eigenvalue weighted by Crippen LogP contribution is 2.37. The van der Waals surface area contributed by atoms with E-state index in [1.807, 2.05) is 72.8 Å². The summed E-state index contributed by atoms with van der Waals surface area (Å²) in [6.07, 6.45) is 3.94. The van der Waals surface area contributed by atoms with Gasteiger partial charge in [-0.25, -0.2) is 9.78 Å². The minimum absolute atomic E-state index is 0.196. The first-order valence-electron chi connectivity index (χ1n) is 17.4. The van der Waals surface area contributed by atoms with Crippen LogP contribution in [-0.2, 0) is 11.3 Å². The van der Waals surface area contributed by atoms with E-state index in [1.54, 1.807) is 11.1 Å². The molecule has 0 unspecified atom stereocenters. The number of urea groups is 1. The summed E-state index contributed by atoms with van der Waals surface area (Å²) < 4.78 is 12.0. The molecule has 8 nitrogen and oxygen atoms in total. The van der Waals surface area contributed by atoms with Gasteiger partial charge in [0.05, 0.1) is 19.8 Å². The number of aromatic amines is 1. The van der Waals surface area contributed by atoms with Crippen molar-refractivity contribution in [3.63, 3.8) is 0 Å². The van der Waals surface area contributed by atoms with Crippen LogP contribution in [0.15, 0.2) is 95.9 Å². The quantitative estimate of drug-likeness (QED) is 0.109. The number of nitrogens with one attached hydrogen (secondary N) is 2. The standard InChI is InChI=1S/C41H48N4O4/c1-6-7-23-45(41(47)43-37-33(28(2)3)19-12-20-34(37)29(4)5)38-36(35-21-13-22-42-39(35)44-40(38)46)31-17-11-18-32(26-31)49-25-14-24-48-27-30-15-9-8-10-16-30/h8-13,15-22,26,28-29H,6-7,14,23-25,27H2,1-5H3,(H,43,47)(H,42,44,46). The van der Waals surface area contributed by atoms with Gasteiger partial charge in [-0.3, -0.25) is 9.69 Å². The van der Waals surface area contributed by atoms with E-state index < -0.39 is 0 Å². The Hall–Kier alpha value is -4.95. The second-order valence-corrected chi connectivity index (χ2v) is 12.9. The van der Waals surface area contributed by atoms with Crippen molar-refractivity contribution >= 4 is 28.4 Å². The van der Waals surface area contributed by atoms with Crippen LogP contribution in [0.5, 0.6) is 5.75 Å². The number of carbonyl (C=O) groups excluding carboxylic acids is 1. The minimum Gasteiger partial charge on any atom is -0.493 e. The number of para-hydroxylation sites is 1. The van der Waals surface area contributed by atoms with Gasteiger partial charge in [-0.15, -0.1) is 0 Å². The number of aromatic nitrogens is 2. The Labute approximate surface area is 289 Å². The molecule has 0 saturated carbocycles. The zero-order valence-corrected chi connectivity index (χ0v) is 29.3. The fraction of sp³-hybridized carbons (Fsp3) is 0.341. The lowest BCUT2D eigenvalue weighted by molar-refractivity contribution is 0.107. The summed E-state index contributed by atoms with van der Waals surface area (Å²) in [5.41, 5.74) is 5.81. The lowest BCUT2D eigenvalue weighted by Crippen LogP contribution is -2.40. The average Bonchev–Trinajstić information content (AvgIpc) is 3.10. The molecule has 0 aliphatic carbocycles. The molecule has 2 aromatic heterocycles.